The quantitative estimate of drug-likeness (QED) is 0.471. The number of unbranched alkanes of at least 4 members (excludes halogenated alkanes) is 1. The van der Waals surface area contributed by atoms with Crippen molar-refractivity contribution < 1.29 is 9.53 Å². The van der Waals surface area contributed by atoms with Crippen molar-refractivity contribution in [2.75, 3.05) is 23.7 Å². The largest absolute Gasteiger partial charge is 0.378 e. The Bertz CT molecular complexity index is 771. The maximum Gasteiger partial charge on any atom is 0.330 e. The van der Waals surface area contributed by atoms with E-state index in [2.05, 4.69) is 29.5 Å². The summed E-state index contributed by atoms with van der Waals surface area (Å²) in [4.78, 5) is 39.9. The monoisotopic (exact) mass is 395 g/mol. The van der Waals surface area contributed by atoms with E-state index in [4.69, 9.17) is 10.5 Å². The van der Waals surface area contributed by atoms with Gasteiger partial charge in [-0.2, -0.15) is 0 Å². The zero-order valence-electron chi connectivity index (χ0n) is 17.0. The van der Waals surface area contributed by atoms with E-state index in [1.54, 1.807) is 0 Å². The minimum Gasteiger partial charge on any atom is -0.378 e. The Balaban J connectivity index is 2.32. The summed E-state index contributed by atoms with van der Waals surface area (Å²) in [5.41, 5.74) is 4.75. The molecule has 0 unspecified atom stereocenters. The molecule has 0 bridgehead atoms. The van der Waals surface area contributed by atoms with Gasteiger partial charge in [-0.05, 0) is 31.6 Å². The number of anilines is 2. The minimum atomic E-state index is -0.633. The van der Waals surface area contributed by atoms with Crippen LogP contribution in [0.15, 0.2) is 9.59 Å². The molecule has 1 amide bonds. The van der Waals surface area contributed by atoms with Gasteiger partial charge in [0.25, 0.3) is 11.5 Å². The first-order valence-electron chi connectivity index (χ1n) is 10.1. The number of carbonyl (C=O) groups excluding carboxylic acids is 1. The summed E-state index contributed by atoms with van der Waals surface area (Å²) in [5.74, 6) is 0.296. The van der Waals surface area contributed by atoms with E-state index in [1.165, 1.54) is 4.57 Å². The molecule has 9 heteroatoms. The standard InChI is InChI=1S/C19H33N5O4/c1-4-5-10-24-16(22-17(25)14-7-6-13(11-20)28-14)15(18(26)23-19(24)27)21-9-8-12(2)3/h12-14,21H,4-11,20H2,1-3H3,(H,22,25)(H,23,26,27)/t13-,14+/m1/s1. The first-order valence-corrected chi connectivity index (χ1v) is 10.1. The van der Waals surface area contributed by atoms with Crippen molar-refractivity contribution in [3.8, 4) is 0 Å². The zero-order valence-corrected chi connectivity index (χ0v) is 17.0. The minimum absolute atomic E-state index is 0.138. The van der Waals surface area contributed by atoms with Crippen LogP contribution in [0.3, 0.4) is 0 Å². The van der Waals surface area contributed by atoms with E-state index in [9.17, 15) is 14.4 Å². The van der Waals surface area contributed by atoms with Crippen LogP contribution in [0.2, 0.25) is 0 Å². The van der Waals surface area contributed by atoms with Crippen LogP contribution in [-0.2, 0) is 16.1 Å². The average molecular weight is 396 g/mol. The molecule has 0 saturated carbocycles. The molecule has 2 atom stereocenters. The summed E-state index contributed by atoms with van der Waals surface area (Å²) in [6.07, 6.45) is 2.98. The third-order valence-electron chi connectivity index (χ3n) is 4.86. The van der Waals surface area contributed by atoms with Gasteiger partial charge in [0.05, 0.1) is 6.10 Å². The summed E-state index contributed by atoms with van der Waals surface area (Å²) in [7, 11) is 0. The van der Waals surface area contributed by atoms with Crippen LogP contribution in [0, 0.1) is 5.92 Å². The molecular weight excluding hydrogens is 362 g/mol. The molecule has 0 aromatic carbocycles. The number of nitrogens with zero attached hydrogens (tertiary/aromatic N) is 1. The highest BCUT2D eigenvalue weighted by Crippen LogP contribution is 2.22. The third-order valence-corrected chi connectivity index (χ3v) is 4.86. The Hall–Kier alpha value is -2.13. The van der Waals surface area contributed by atoms with E-state index < -0.39 is 17.4 Å². The Kier molecular flexibility index (Phi) is 8.25. The second kappa shape index (κ2) is 10.4. The van der Waals surface area contributed by atoms with E-state index >= 15 is 0 Å². The summed E-state index contributed by atoms with van der Waals surface area (Å²) in [5, 5.41) is 5.86. The topological polar surface area (TPSA) is 131 Å². The number of rotatable bonds is 10. The number of aromatic nitrogens is 2. The van der Waals surface area contributed by atoms with Gasteiger partial charge in [-0.15, -0.1) is 0 Å². The molecule has 1 aromatic rings. The van der Waals surface area contributed by atoms with E-state index in [0.717, 1.165) is 19.3 Å². The molecule has 0 aliphatic carbocycles. The number of hydrogen-bond donors (Lipinski definition) is 4. The Labute approximate surface area is 165 Å². The van der Waals surface area contributed by atoms with Crippen LogP contribution in [0.5, 0.6) is 0 Å². The highest BCUT2D eigenvalue weighted by Gasteiger charge is 2.31. The molecule has 5 N–H and O–H groups in total. The number of nitrogens with two attached hydrogens (primary N) is 1. The van der Waals surface area contributed by atoms with Crippen molar-refractivity contribution in [1.82, 2.24) is 9.55 Å². The number of aromatic amines is 1. The fourth-order valence-corrected chi connectivity index (χ4v) is 3.15. The zero-order chi connectivity index (χ0) is 20.7. The van der Waals surface area contributed by atoms with Crippen LogP contribution in [-0.4, -0.2) is 40.8 Å². The first-order chi connectivity index (χ1) is 13.4. The normalized spacial score (nSPS) is 19.2. The molecule has 0 spiro atoms. The molecule has 2 heterocycles. The molecule has 9 nitrogen and oxygen atoms in total. The Morgan fingerprint density at radius 2 is 2.11 bits per heavy atom. The third kappa shape index (κ3) is 5.68. The van der Waals surface area contributed by atoms with Gasteiger partial charge in [0.15, 0.2) is 0 Å². The molecular formula is C19H33N5O4. The molecule has 0 radical (unpaired) electrons. The van der Waals surface area contributed by atoms with Crippen molar-refractivity contribution in [3.05, 3.63) is 20.8 Å². The number of nitrogens with one attached hydrogen (secondary N) is 3. The first kappa shape index (κ1) is 22.2. The van der Waals surface area contributed by atoms with Gasteiger partial charge < -0.3 is 21.1 Å². The lowest BCUT2D eigenvalue weighted by Gasteiger charge is -2.19. The molecule has 1 aromatic heterocycles. The summed E-state index contributed by atoms with van der Waals surface area (Å²) < 4.78 is 7.06. The smallest absolute Gasteiger partial charge is 0.330 e. The van der Waals surface area contributed by atoms with E-state index in [0.29, 0.717) is 38.4 Å². The second-order valence-corrected chi connectivity index (χ2v) is 7.65. The summed E-state index contributed by atoms with van der Waals surface area (Å²) >= 11 is 0. The summed E-state index contributed by atoms with van der Waals surface area (Å²) in [6.45, 7) is 7.50. The van der Waals surface area contributed by atoms with Gasteiger partial charge in [-0.1, -0.05) is 27.2 Å². The van der Waals surface area contributed by atoms with Gasteiger partial charge in [0, 0.05) is 19.6 Å². The van der Waals surface area contributed by atoms with Crippen molar-refractivity contribution >= 4 is 17.4 Å². The van der Waals surface area contributed by atoms with E-state index in [-0.39, 0.29) is 23.5 Å². The maximum absolute atomic E-state index is 12.7. The van der Waals surface area contributed by atoms with Gasteiger partial charge in [0.1, 0.15) is 17.6 Å². The maximum atomic E-state index is 12.7. The Morgan fingerprint density at radius 1 is 1.36 bits per heavy atom. The molecule has 2 rings (SSSR count). The summed E-state index contributed by atoms with van der Waals surface area (Å²) in [6, 6.07) is 0. The fraction of sp³-hybridized carbons (Fsp3) is 0.737. The second-order valence-electron chi connectivity index (χ2n) is 7.65. The van der Waals surface area contributed by atoms with Gasteiger partial charge in [-0.3, -0.25) is 19.1 Å². The number of hydrogen-bond acceptors (Lipinski definition) is 6. The van der Waals surface area contributed by atoms with Crippen molar-refractivity contribution in [2.24, 2.45) is 11.7 Å². The predicted molar refractivity (Wildman–Crippen MR) is 110 cm³/mol. The van der Waals surface area contributed by atoms with Crippen LogP contribution in [0.1, 0.15) is 52.9 Å². The SMILES string of the molecule is CCCCn1c(NC(=O)[C@@H]2CC[C@H](CN)O2)c(NCCC(C)C)c(=O)[nH]c1=O. The highest BCUT2D eigenvalue weighted by molar-refractivity contribution is 5.96. The lowest BCUT2D eigenvalue weighted by molar-refractivity contribution is -0.126. The van der Waals surface area contributed by atoms with Crippen LogP contribution >= 0.6 is 0 Å². The van der Waals surface area contributed by atoms with Crippen LogP contribution in [0.4, 0.5) is 11.5 Å². The van der Waals surface area contributed by atoms with Gasteiger partial charge >= 0.3 is 5.69 Å². The predicted octanol–water partition coefficient (Wildman–Crippen LogP) is 1.24. The fourth-order valence-electron chi connectivity index (χ4n) is 3.15. The van der Waals surface area contributed by atoms with Gasteiger partial charge in [0.2, 0.25) is 0 Å². The molecule has 1 fully saturated rings. The molecule has 1 aliphatic heterocycles. The van der Waals surface area contributed by atoms with Gasteiger partial charge in [-0.25, -0.2) is 4.79 Å². The highest BCUT2D eigenvalue weighted by atomic mass is 16.5. The molecule has 1 saturated heterocycles. The lowest BCUT2D eigenvalue weighted by Crippen LogP contribution is -2.38. The number of amides is 1. The number of H-pyrrole nitrogens is 1. The van der Waals surface area contributed by atoms with E-state index in [1.807, 2.05) is 6.92 Å². The molecule has 28 heavy (non-hydrogen) atoms. The molecule has 158 valence electrons. The number of ether oxygens (including phenoxy) is 1. The Morgan fingerprint density at radius 3 is 2.71 bits per heavy atom. The van der Waals surface area contributed by atoms with Crippen molar-refractivity contribution in [2.45, 2.75) is 71.6 Å². The number of carbonyl (C=O) groups is 1. The average Bonchev–Trinajstić information content (AvgIpc) is 3.13. The van der Waals surface area contributed by atoms with Crippen LogP contribution < -0.4 is 27.6 Å². The van der Waals surface area contributed by atoms with Crippen LogP contribution in [0.25, 0.3) is 0 Å². The molecule has 1 aliphatic rings. The van der Waals surface area contributed by atoms with Crippen molar-refractivity contribution in [1.29, 1.82) is 0 Å². The van der Waals surface area contributed by atoms with Crippen molar-refractivity contribution in [3.63, 3.8) is 0 Å². The lowest BCUT2D eigenvalue weighted by atomic mass is 10.1.